The number of hydrogen-bond acceptors (Lipinski definition) is 4. The third-order valence-corrected chi connectivity index (χ3v) is 2.80. The molecular weight excluding hydrogens is 206 g/mol. The first-order valence-corrected chi connectivity index (χ1v) is 5.84. The number of rotatable bonds is 2. The zero-order chi connectivity index (χ0) is 12.3. The van der Waals surface area contributed by atoms with E-state index in [9.17, 15) is 9.59 Å². The first kappa shape index (κ1) is 13.2. The first-order valence-electron chi connectivity index (χ1n) is 5.84. The average molecular weight is 227 g/mol. The van der Waals surface area contributed by atoms with Gasteiger partial charge in [-0.1, -0.05) is 6.92 Å². The van der Waals surface area contributed by atoms with Crippen molar-refractivity contribution in [2.75, 3.05) is 13.1 Å². The van der Waals surface area contributed by atoms with Crippen LogP contribution in [0.25, 0.3) is 0 Å². The number of hydrogen-bond donors (Lipinski definition) is 0. The van der Waals surface area contributed by atoms with E-state index in [1.54, 1.807) is 5.06 Å². The van der Waals surface area contributed by atoms with Gasteiger partial charge >= 0.3 is 5.97 Å². The summed E-state index contributed by atoms with van der Waals surface area (Å²) in [6.45, 7) is 8.51. The van der Waals surface area contributed by atoms with Crippen LogP contribution in [0, 0.1) is 11.3 Å². The summed E-state index contributed by atoms with van der Waals surface area (Å²) in [5.41, 5.74) is -0.497. The Kier molecular flexibility index (Phi) is 4.08. The lowest BCUT2D eigenvalue weighted by atomic mass is 9.95. The van der Waals surface area contributed by atoms with Gasteiger partial charge in [-0.2, -0.15) is 0 Å². The van der Waals surface area contributed by atoms with Gasteiger partial charge in [0, 0.05) is 25.4 Å². The van der Waals surface area contributed by atoms with Crippen LogP contribution < -0.4 is 0 Å². The molecule has 1 saturated heterocycles. The molecule has 0 radical (unpaired) electrons. The van der Waals surface area contributed by atoms with Gasteiger partial charge in [0.15, 0.2) is 0 Å². The summed E-state index contributed by atoms with van der Waals surface area (Å²) >= 11 is 0. The maximum atomic E-state index is 11.7. The molecule has 1 aliphatic rings. The minimum atomic E-state index is -0.497. The highest BCUT2D eigenvalue weighted by Crippen LogP contribution is 2.20. The molecule has 16 heavy (non-hydrogen) atoms. The second-order valence-corrected chi connectivity index (χ2v) is 5.34. The Morgan fingerprint density at radius 2 is 2.12 bits per heavy atom. The minimum Gasteiger partial charge on any atom is -0.367 e. The summed E-state index contributed by atoms with van der Waals surface area (Å²) in [6, 6.07) is 0. The molecule has 0 spiro atoms. The topological polar surface area (TPSA) is 46.6 Å². The number of piperidine rings is 1. The molecule has 1 fully saturated rings. The fraction of sp³-hybridized carbons (Fsp3) is 0.833. The monoisotopic (exact) mass is 227 g/mol. The molecule has 0 aromatic heterocycles. The second-order valence-electron chi connectivity index (χ2n) is 5.34. The minimum absolute atomic E-state index is 0.0153. The van der Waals surface area contributed by atoms with Crippen LogP contribution in [0.1, 0.15) is 40.5 Å². The number of carbonyl (C=O) groups is 2. The molecule has 0 aromatic carbocycles. The van der Waals surface area contributed by atoms with E-state index >= 15 is 0 Å². The van der Waals surface area contributed by atoms with E-state index in [0.29, 0.717) is 19.5 Å². The Hall–Kier alpha value is -0.900. The molecule has 1 atom stereocenters. The number of Topliss-reactive ketones (excluding diaryl/α,β-unsaturated/α-hetero) is 1. The first-order chi connectivity index (χ1) is 7.34. The Morgan fingerprint density at radius 3 is 2.62 bits per heavy atom. The molecule has 0 aromatic rings. The predicted octanol–water partition coefficient (Wildman–Crippen LogP) is 1.79. The predicted molar refractivity (Wildman–Crippen MR) is 60.5 cm³/mol. The van der Waals surface area contributed by atoms with Gasteiger partial charge in [-0.3, -0.25) is 4.79 Å². The van der Waals surface area contributed by atoms with Gasteiger partial charge in [0.05, 0.1) is 5.41 Å². The molecule has 1 rings (SSSR count). The van der Waals surface area contributed by atoms with Crippen LogP contribution in [0.2, 0.25) is 0 Å². The number of ketones is 1. The summed E-state index contributed by atoms with van der Waals surface area (Å²) in [7, 11) is 0. The zero-order valence-corrected chi connectivity index (χ0v) is 10.6. The van der Waals surface area contributed by atoms with Crippen molar-refractivity contribution in [3.05, 3.63) is 0 Å². The molecule has 92 valence electrons. The Labute approximate surface area is 96.9 Å². The smallest absolute Gasteiger partial charge is 0.330 e. The van der Waals surface area contributed by atoms with Crippen molar-refractivity contribution in [2.24, 2.45) is 11.3 Å². The van der Waals surface area contributed by atoms with Gasteiger partial charge in [0.1, 0.15) is 5.78 Å². The van der Waals surface area contributed by atoms with E-state index in [0.717, 1.165) is 6.42 Å². The lowest BCUT2D eigenvalue weighted by molar-refractivity contribution is -0.207. The van der Waals surface area contributed by atoms with Crippen molar-refractivity contribution in [1.29, 1.82) is 0 Å². The highest BCUT2D eigenvalue weighted by atomic mass is 16.7. The molecule has 0 bridgehead atoms. The summed E-state index contributed by atoms with van der Waals surface area (Å²) in [4.78, 5) is 28.4. The number of nitrogens with zero attached hydrogens (tertiary/aromatic N) is 1. The van der Waals surface area contributed by atoms with E-state index in [2.05, 4.69) is 0 Å². The molecule has 4 nitrogen and oxygen atoms in total. The molecule has 0 amide bonds. The molecule has 1 heterocycles. The lowest BCUT2D eigenvalue weighted by Gasteiger charge is -2.31. The number of hydroxylamine groups is 2. The third-order valence-electron chi connectivity index (χ3n) is 2.80. The van der Waals surface area contributed by atoms with Crippen LogP contribution in [0.3, 0.4) is 0 Å². The van der Waals surface area contributed by atoms with Crippen molar-refractivity contribution < 1.29 is 14.4 Å². The van der Waals surface area contributed by atoms with E-state index in [-0.39, 0.29) is 17.7 Å². The van der Waals surface area contributed by atoms with Gasteiger partial charge in [0.25, 0.3) is 0 Å². The molecule has 1 unspecified atom stereocenters. The largest absolute Gasteiger partial charge is 0.367 e. The quantitative estimate of drug-likeness (QED) is 0.721. The zero-order valence-electron chi connectivity index (χ0n) is 10.6. The van der Waals surface area contributed by atoms with E-state index in [1.807, 2.05) is 27.7 Å². The molecular formula is C12H21NO3. The Morgan fingerprint density at radius 1 is 1.50 bits per heavy atom. The average Bonchev–Trinajstić information content (AvgIpc) is 2.19. The van der Waals surface area contributed by atoms with E-state index < -0.39 is 5.41 Å². The summed E-state index contributed by atoms with van der Waals surface area (Å²) in [6.07, 6.45) is 1.29. The van der Waals surface area contributed by atoms with Crippen molar-refractivity contribution in [3.8, 4) is 0 Å². The van der Waals surface area contributed by atoms with Crippen molar-refractivity contribution in [1.82, 2.24) is 5.06 Å². The van der Waals surface area contributed by atoms with Crippen molar-refractivity contribution in [2.45, 2.75) is 40.5 Å². The highest BCUT2D eigenvalue weighted by molar-refractivity contribution is 5.82. The normalized spacial score (nSPS) is 23.2. The van der Waals surface area contributed by atoms with Crippen LogP contribution in [-0.4, -0.2) is 29.9 Å². The fourth-order valence-corrected chi connectivity index (χ4v) is 1.57. The molecule has 0 aliphatic carbocycles. The van der Waals surface area contributed by atoms with E-state index in [4.69, 9.17) is 4.84 Å². The lowest BCUT2D eigenvalue weighted by Crippen LogP contribution is -2.43. The van der Waals surface area contributed by atoms with Crippen molar-refractivity contribution in [3.63, 3.8) is 0 Å². The SMILES string of the molecule is CCC1CN(OC(=O)C(C)(C)C)CCC1=O. The van der Waals surface area contributed by atoms with Gasteiger partial charge in [-0.25, -0.2) is 4.79 Å². The van der Waals surface area contributed by atoms with Gasteiger partial charge < -0.3 is 4.84 Å². The maximum absolute atomic E-state index is 11.7. The van der Waals surface area contributed by atoms with Crippen molar-refractivity contribution >= 4 is 11.8 Å². The van der Waals surface area contributed by atoms with Gasteiger partial charge in [-0.05, 0) is 27.2 Å². The Balaban J connectivity index is 2.51. The van der Waals surface area contributed by atoms with Crippen LogP contribution in [0.15, 0.2) is 0 Å². The van der Waals surface area contributed by atoms with Gasteiger partial charge in [0.2, 0.25) is 0 Å². The number of carbonyl (C=O) groups excluding carboxylic acids is 2. The standard InChI is InChI=1S/C12H21NO3/c1-5-9-8-13(7-6-10(9)14)16-11(15)12(2,3)4/h9H,5-8H2,1-4H3. The molecule has 0 saturated carbocycles. The van der Waals surface area contributed by atoms with Gasteiger partial charge in [-0.15, -0.1) is 5.06 Å². The summed E-state index contributed by atoms with van der Waals surface area (Å²) in [5.74, 6) is 0.0591. The highest BCUT2D eigenvalue weighted by Gasteiger charge is 2.31. The molecule has 4 heteroatoms. The molecule has 0 N–H and O–H groups in total. The fourth-order valence-electron chi connectivity index (χ4n) is 1.57. The summed E-state index contributed by atoms with van der Waals surface area (Å²) < 4.78 is 0. The van der Waals surface area contributed by atoms with E-state index in [1.165, 1.54) is 0 Å². The second kappa shape index (κ2) is 4.95. The Bertz CT molecular complexity index is 280. The summed E-state index contributed by atoms with van der Waals surface area (Å²) in [5, 5.41) is 1.63. The van der Waals surface area contributed by atoms with Crippen LogP contribution in [-0.2, 0) is 14.4 Å². The van der Waals surface area contributed by atoms with Crippen LogP contribution in [0.4, 0.5) is 0 Å². The third kappa shape index (κ3) is 3.30. The van der Waals surface area contributed by atoms with Crippen LogP contribution in [0.5, 0.6) is 0 Å². The van der Waals surface area contributed by atoms with Crippen LogP contribution >= 0.6 is 0 Å². The maximum Gasteiger partial charge on any atom is 0.330 e. The molecule has 1 aliphatic heterocycles.